The van der Waals surface area contributed by atoms with Crippen LogP contribution in [0, 0.1) is 0 Å². The summed E-state index contributed by atoms with van der Waals surface area (Å²) < 4.78 is 1.78. The molecule has 0 saturated carbocycles. The molecule has 5 nitrogen and oxygen atoms in total. The Bertz CT molecular complexity index is 751. The monoisotopic (exact) mass is 307 g/mol. The summed E-state index contributed by atoms with van der Waals surface area (Å²) in [5.41, 5.74) is 4.62. The van der Waals surface area contributed by atoms with E-state index in [-0.39, 0.29) is 0 Å². The molecule has 1 N–H and O–H groups in total. The fourth-order valence-electron chi connectivity index (χ4n) is 2.56. The van der Waals surface area contributed by atoms with Crippen LogP contribution in [0.4, 0.5) is 11.4 Å². The summed E-state index contributed by atoms with van der Waals surface area (Å²) in [7, 11) is 4.01. The Hall–Kier alpha value is -2.82. The van der Waals surface area contributed by atoms with E-state index >= 15 is 0 Å². The van der Waals surface area contributed by atoms with Crippen molar-refractivity contribution in [3.63, 3.8) is 0 Å². The molecule has 0 aliphatic carbocycles. The van der Waals surface area contributed by atoms with Crippen LogP contribution in [0.3, 0.4) is 0 Å². The molecule has 0 unspecified atom stereocenters. The Morgan fingerprint density at radius 1 is 1.04 bits per heavy atom. The molecule has 0 atom stereocenters. The van der Waals surface area contributed by atoms with Gasteiger partial charge in [0.15, 0.2) is 0 Å². The minimum Gasteiger partial charge on any atom is -0.378 e. The van der Waals surface area contributed by atoms with Gasteiger partial charge in [0.25, 0.3) is 0 Å². The second kappa shape index (κ2) is 6.96. The standard InChI is InChI=1S/C18H21N5/c1-22(14-15-8-4-3-5-9-15)18-11-7-6-10-17(18)19-12-16-13-20-21-23(16)2/h3-11,13,19H,12,14H2,1-2H3. The van der Waals surface area contributed by atoms with E-state index in [0.29, 0.717) is 6.54 Å². The van der Waals surface area contributed by atoms with Gasteiger partial charge < -0.3 is 10.2 Å². The van der Waals surface area contributed by atoms with E-state index in [2.05, 4.69) is 70.0 Å². The molecule has 2 aromatic carbocycles. The summed E-state index contributed by atoms with van der Waals surface area (Å²) in [4.78, 5) is 2.25. The number of para-hydroxylation sites is 2. The number of benzene rings is 2. The molecule has 0 fully saturated rings. The van der Waals surface area contributed by atoms with Crippen molar-refractivity contribution in [3.05, 3.63) is 72.1 Å². The normalized spacial score (nSPS) is 10.5. The molecule has 3 rings (SSSR count). The summed E-state index contributed by atoms with van der Waals surface area (Å²) in [6, 6.07) is 18.8. The van der Waals surface area contributed by atoms with Gasteiger partial charge in [0.05, 0.1) is 29.8 Å². The molecule has 0 saturated heterocycles. The Kier molecular flexibility index (Phi) is 4.57. The van der Waals surface area contributed by atoms with Crippen molar-refractivity contribution < 1.29 is 0 Å². The summed E-state index contributed by atoms with van der Waals surface area (Å²) in [6.07, 6.45) is 1.78. The first-order valence-electron chi connectivity index (χ1n) is 7.65. The lowest BCUT2D eigenvalue weighted by Gasteiger charge is -2.23. The van der Waals surface area contributed by atoms with Gasteiger partial charge in [0.1, 0.15) is 0 Å². The van der Waals surface area contributed by atoms with E-state index in [0.717, 1.165) is 17.9 Å². The first-order valence-corrected chi connectivity index (χ1v) is 7.65. The molecule has 1 aromatic heterocycles. The molecular weight excluding hydrogens is 286 g/mol. The fourth-order valence-corrected chi connectivity index (χ4v) is 2.56. The van der Waals surface area contributed by atoms with Crippen molar-refractivity contribution in [2.45, 2.75) is 13.1 Å². The SMILES string of the molecule is CN(Cc1ccccc1)c1ccccc1NCc1cnnn1C. The maximum absolute atomic E-state index is 3.96. The lowest BCUT2D eigenvalue weighted by molar-refractivity contribution is 0.683. The van der Waals surface area contributed by atoms with Gasteiger partial charge in [-0.2, -0.15) is 0 Å². The third kappa shape index (κ3) is 3.69. The molecule has 0 radical (unpaired) electrons. The van der Waals surface area contributed by atoms with Gasteiger partial charge in [0.2, 0.25) is 0 Å². The van der Waals surface area contributed by atoms with Crippen LogP contribution in [-0.2, 0) is 20.1 Å². The van der Waals surface area contributed by atoms with Crippen molar-refractivity contribution in [2.75, 3.05) is 17.3 Å². The van der Waals surface area contributed by atoms with Crippen LogP contribution in [0.2, 0.25) is 0 Å². The number of nitrogens with zero attached hydrogens (tertiary/aromatic N) is 4. The number of aromatic nitrogens is 3. The van der Waals surface area contributed by atoms with E-state index < -0.39 is 0 Å². The van der Waals surface area contributed by atoms with E-state index in [4.69, 9.17) is 0 Å². The van der Waals surface area contributed by atoms with Gasteiger partial charge in [-0.3, -0.25) is 4.68 Å². The molecule has 0 amide bonds. The van der Waals surface area contributed by atoms with E-state index in [1.807, 2.05) is 19.2 Å². The van der Waals surface area contributed by atoms with Crippen LogP contribution in [0.5, 0.6) is 0 Å². The molecule has 118 valence electrons. The Morgan fingerprint density at radius 2 is 1.78 bits per heavy atom. The first-order chi connectivity index (χ1) is 11.2. The highest BCUT2D eigenvalue weighted by Crippen LogP contribution is 2.26. The average molecular weight is 307 g/mol. The van der Waals surface area contributed by atoms with Gasteiger partial charge >= 0.3 is 0 Å². The number of aryl methyl sites for hydroxylation is 1. The zero-order valence-electron chi connectivity index (χ0n) is 13.5. The predicted molar refractivity (Wildman–Crippen MR) is 93.3 cm³/mol. The smallest absolute Gasteiger partial charge is 0.0774 e. The lowest BCUT2D eigenvalue weighted by atomic mass is 10.2. The first kappa shape index (κ1) is 15.1. The van der Waals surface area contributed by atoms with Gasteiger partial charge in [0, 0.05) is 20.6 Å². The number of hydrogen-bond donors (Lipinski definition) is 1. The summed E-state index contributed by atoms with van der Waals surface area (Å²) in [6.45, 7) is 1.56. The number of nitrogens with one attached hydrogen (secondary N) is 1. The number of anilines is 2. The molecule has 5 heteroatoms. The third-order valence-corrected chi connectivity index (χ3v) is 3.85. The summed E-state index contributed by atoms with van der Waals surface area (Å²) >= 11 is 0. The largest absolute Gasteiger partial charge is 0.378 e. The lowest BCUT2D eigenvalue weighted by Crippen LogP contribution is -2.18. The maximum Gasteiger partial charge on any atom is 0.0774 e. The molecule has 0 spiro atoms. The van der Waals surface area contributed by atoms with Gasteiger partial charge in [-0.1, -0.05) is 47.7 Å². The van der Waals surface area contributed by atoms with Crippen molar-refractivity contribution in [1.29, 1.82) is 0 Å². The van der Waals surface area contributed by atoms with Gasteiger partial charge in [-0.05, 0) is 17.7 Å². The van der Waals surface area contributed by atoms with Crippen molar-refractivity contribution in [1.82, 2.24) is 15.0 Å². The van der Waals surface area contributed by atoms with Crippen molar-refractivity contribution >= 4 is 11.4 Å². The van der Waals surface area contributed by atoms with Crippen LogP contribution in [0.1, 0.15) is 11.3 Å². The highest BCUT2D eigenvalue weighted by atomic mass is 15.4. The van der Waals surface area contributed by atoms with Gasteiger partial charge in [-0.25, -0.2) is 0 Å². The average Bonchev–Trinajstić information content (AvgIpc) is 2.99. The Balaban J connectivity index is 1.73. The molecule has 3 aromatic rings. The fraction of sp³-hybridized carbons (Fsp3) is 0.222. The van der Waals surface area contributed by atoms with Crippen molar-refractivity contribution in [3.8, 4) is 0 Å². The second-order valence-electron chi connectivity index (χ2n) is 5.56. The molecule has 1 heterocycles. The zero-order chi connectivity index (χ0) is 16.1. The maximum atomic E-state index is 3.96. The number of hydrogen-bond acceptors (Lipinski definition) is 4. The second-order valence-corrected chi connectivity index (χ2v) is 5.56. The van der Waals surface area contributed by atoms with Crippen LogP contribution < -0.4 is 10.2 Å². The minimum atomic E-state index is 0.694. The van der Waals surface area contributed by atoms with Crippen LogP contribution in [-0.4, -0.2) is 22.0 Å². The number of rotatable bonds is 6. The van der Waals surface area contributed by atoms with E-state index in [9.17, 15) is 0 Å². The Labute approximate surface area is 136 Å². The van der Waals surface area contributed by atoms with E-state index in [1.54, 1.807) is 10.9 Å². The highest BCUT2D eigenvalue weighted by Gasteiger charge is 2.08. The Morgan fingerprint density at radius 3 is 2.52 bits per heavy atom. The zero-order valence-corrected chi connectivity index (χ0v) is 13.5. The van der Waals surface area contributed by atoms with Crippen molar-refractivity contribution in [2.24, 2.45) is 7.05 Å². The molecule has 23 heavy (non-hydrogen) atoms. The van der Waals surface area contributed by atoms with Crippen LogP contribution in [0.25, 0.3) is 0 Å². The van der Waals surface area contributed by atoms with Crippen LogP contribution in [0.15, 0.2) is 60.8 Å². The quantitative estimate of drug-likeness (QED) is 0.760. The minimum absolute atomic E-state index is 0.694. The molecular formula is C18H21N5. The summed E-state index contributed by atoms with van der Waals surface area (Å²) in [5.74, 6) is 0. The topological polar surface area (TPSA) is 46.0 Å². The molecule has 0 aliphatic rings. The summed E-state index contributed by atoms with van der Waals surface area (Å²) in [5, 5.41) is 11.3. The third-order valence-electron chi connectivity index (χ3n) is 3.85. The predicted octanol–water partition coefficient (Wildman–Crippen LogP) is 3.06. The van der Waals surface area contributed by atoms with Gasteiger partial charge in [-0.15, -0.1) is 5.10 Å². The van der Waals surface area contributed by atoms with E-state index in [1.165, 1.54) is 11.3 Å². The molecule has 0 aliphatic heterocycles. The highest BCUT2D eigenvalue weighted by molar-refractivity contribution is 5.69. The van der Waals surface area contributed by atoms with Crippen LogP contribution >= 0.6 is 0 Å². The molecule has 0 bridgehead atoms.